The molecule has 0 bridgehead atoms. The van der Waals surface area contributed by atoms with Crippen LogP contribution in [0.25, 0.3) is 0 Å². The standard InChI is InChI=1S/C21H15O2P/c22-21(17-16-18-10-4-1-5-11-18)24(23,19-12-6-2-7-13-19)20-14-8-3-9-15-20/h1-15H. The lowest BCUT2D eigenvalue weighted by Crippen LogP contribution is -2.21. The Morgan fingerprint density at radius 1 is 0.667 bits per heavy atom. The summed E-state index contributed by atoms with van der Waals surface area (Å²) in [5.74, 6) is 5.40. The summed E-state index contributed by atoms with van der Waals surface area (Å²) in [6, 6.07) is 26.9. The smallest absolute Gasteiger partial charge is 0.272 e. The summed E-state index contributed by atoms with van der Waals surface area (Å²) < 4.78 is 13.7. The summed E-state index contributed by atoms with van der Waals surface area (Å²) in [5.41, 5.74) is 0.169. The first-order valence-electron chi connectivity index (χ1n) is 7.54. The molecule has 0 aliphatic carbocycles. The van der Waals surface area contributed by atoms with E-state index in [1.54, 1.807) is 48.5 Å². The third-order valence-electron chi connectivity index (χ3n) is 3.61. The van der Waals surface area contributed by atoms with E-state index < -0.39 is 12.7 Å². The van der Waals surface area contributed by atoms with Gasteiger partial charge in [0.05, 0.1) is 0 Å². The highest BCUT2D eigenvalue weighted by Crippen LogP contribution is 2.43. The van der Waals surface area contributed by atoms with Gasteiger partial charge in [-0.25, -0.2) is 0 Å². The first kappa shape index (κ1) is 16.0. The number of hydrogen-bond acceptors (Lipinski definition) is 2. The first-order valence-corrected chi connectivity index (χ1v) is 9.25. The van der Waals surface area contributed by atoms with Crippen LogP contribution in [-0.2, 0) is 9.36 Å². The number of hydrogen-bond donors (Lipinski definition) is 0. The van der Waals surface area contributed by atoms with Crippen molar-refractivity contribution in [3.8, 4) is 11.8 Å². The van der Waals surface area contributed by atoms with Gasteiger partial charge in [0.15, 0.2) is 0 Å². The molecule has 0 amide bonds. The molecule has 3 heteroatoms. The molecular formula is C21H15O2P. The Balaban J connectivity index is 2.08. The lowest BCUT2D eigenvalue weighted by atomic mass is 10.2. The van der Waals surface area contributed by atoms with E-state index in [0.717, 1.165) is 5.56 Å². The van der Waals surface area contributed by atoms with Crippen LogP contribution < -0.4 is 10.6 Å². The Labute approximate surface area is 141 Å². The van der Waals surface area contributed by atoms with Crippen molar-refractivity contribution in [1.82, 2.24) is 0 Å². The highest BCUT2D eigenvalue weighted by Gasteiger charge is 2.34. The number of carbonyl (C=O) groups is 1. The Hall–Kier alpha value is -2.88. The van der Waals surface area contributed by atoms with Crippen LogP contribution in [0.1, 0.15) is 5.56 Å². The maximum atomic E-state index is 13.7. The van der Waals surface area contributed by atoms with Gasteiger partial charge < -0.3 is 4.57 Å². The van der Waals surface area contributed by atoms with Crippen LogP contribution in [0.4, 0.5) is 0 Å². The number of carbonyl (C=O) groups excluding carboxylic acids is 1. The number of benzene rings is 3. The Morgan fingerprint density at radius 3 is 1.54 bits per heavy atom. The monoisotopic (exact) mass is 330 g/mol. The van der Waals surface area contributed by atoms with Crippen molar-refractivity contribution in [2.24, 2.45) is 0 Å². The van der Waals surface area contributed by atoms with Crippen LogP contribution in [0, 0.1) is 11.8 Å². The van der Waals surface area contributed by atoms with E-state index in [9.17, 15) is 9.36 Å². The second-order valence-corrected chi connectivity index (χ2v) is 7.86. The molecule has 0 fully saturated rings. The fraction of sp³-hybridized carbons (Fsp3) is 0. The number of rotatable bonds is 3. The molecule has 0 saturated heterocycles. The van der Waals surface area contributed by atoms with Gasteiger partial charge in [-0.05, 0) is 18.1 Å². The van der Waals surface area contributed by atoms with Crippen molar-refractivity contribution in [2.45, 2.75) is 0 Å². The molecule has 0 aliphatic rings. The molecule has 0 saturated carbocycles. The van der Waals surface area contributed by atoms with Crippen LogP contribution in [0.3, 0.4) is 0 Å². The van der Waals surface area contributed by atoms with Gasteiger partial charge in [-0.2, -0.15) is 0 Å². The summed E-state index contributed by atoms with van der Waals surface area (Å²) in [5, 5.41) is 1.01. The van der Waals surface area contributed by atoms with Crippen molar-refractivity contribution < 1.29 is 9.36 Å². The highest BCUT2D eigenvalue weighted by atomic mass is 31.2. The summed E-state index contributed by atoms with van der Waals surface area (Å²) >= 11 is 0. The normalized spacial score (nSPS) is 10.5. The molecule has 0 atom stereocenters. The average molecular weight is 330 g/mol. The molecule has 24 heavy (non-hydrogen) atoms. The fourth-order valence-corrected chi connectivity index (χ4v) is 4.55. The van der Waals surface area contributed by atoms with Crippen LogP contribution in [0.5, 0.6) is 0 Å². The minimum absolute atomic E-state index is 0.503. The highest BCUT2D eigenvalue weighted by molar-refractivity contribution is 7.93. The first-order chi connectivity index (χ1) is 11.7. The second kappa shape index (κ2) is 7.13. The summed E-state index contributed by atoms with van der Waals surface area (Å²) in [7, 11) is -3.46. The largest absolute Gasteiger partial charge is 0.304 e. The molecule has 0 heterocycles. The molecule has 3 aromatic carbocycles. The van der Waals surface area contributed by atoms with Gasteiger partial charge in [-0.15, -0.1) is 0 Å². The molecule has 0 aliphatic heterocycles. The molecule has 0 aromatic heterocycles. The van der Waals surface area contributed by atoms with Crippen molar-refractivity contribution in [3.63, 3.8) is 0 Å². The van der Waals surface area contributed by atoms with Gasteiger partial charge in [0.1, 0.15) is 0 Å². The maximum Gasteiger partial charge on any atom is 0.272 e. The van der Waals surface area contributed by atoms with Crippen molar-refractivity contribution in [2.75, 3.05) is 0 Å². The minimum Gasteiger partial charge on any atom is -0.304 e. The summed E-state index contributed by atoms with van der Waals surface area (Å²) in [6.45, 7) is 0. The third kappa shape index (κ3) is 3.23. The van der Waals surface area contributed by atoms with Gasteiger partial charge in [0.2, 0.25) is 7.14 Å². The Morgan fingerprint density at radius 2 is 1.08 bits per heavy atom. The van der Waals surface area contributed by atoms with Gasteiger partial charge in [-0.1, -0.05) is 84.8 Å². The average Bonchev–Trinajstić information content (AvgIpc) is 2.67. The zero-order valence-corrected chi connectivity index (χ0v) is 13.8. The maximum absolute atomic E-state index is 13.7. The molecular weight excluding hydrogens is 315 g/mol. The lowest BCUT2D eigenvalue weighted by molar-refractivity contribution is -0.107. The lowest BCUT2D eigenvalue weighted by Gasteiger charge is -2.15. The molecule has 116 valence electrons. The Kier molecular flexibility index (Phi) is 4.75. The molecule has 0 unspecified atom stereocenters. The SMILES string of the molecule is O=C(C#Cc1ccccc1)P(=O)(c1ccccc1)c1ccccc1. The quantitative estimate of drug-likeness (QED) is 0.543. The van der Waals surface area contributed by atoms with Crippen molar-refractivity contribution in [1.29, 1.82) is 0 Å². The van der Waals surface area contributed by atoms with Gasteiger partial charge in [-0.3, -0.25) is 4.79 Å². The Bertz CT molecular complexity index is 893. The summed E-state index contributed by atoms with van der Waals surface area (Å²) in [4.78, 5) is 12.8. The molecule has 2 nitrogen and oxygen atoms in total. The van der Waals surface area contributed by atoms with E-state index in [-0.39, 0.29) is 0 Å². The van der Waals surface area contributed by atoms with E-state index in [1.165, 1.54) is 0 Å². The molecule has 0 N–H and O–H groups in total. The molecule has 0 spiro atoms. The van der Waals surface area contributed by atoms with Crippen LogP contribution >= 0.6 is 7.14 Å². The molecule has 3 aromatic rings. The van der Waals surface area contributed by atoms with Crippen LogP contribution in [-0.4, -0.2) is 5.52 Å². The fourth-order valence-electron chi connectivity index (χ4n) is 2.39. The second-order valence-electron chi connectivity index (χ2n) is 5.20. The van der Waals surface area contributed by atoms with E-state index in [1.807, 2.05) is 42.5 Å². The van der Waals surface area contributed by atoms with E-state index in [4.69, 9.17) is 0 Å². The predicted octanol–water partition coefficient (Wildman–Crippen LogP) is 3.58. The minimum atomic E-state index is -3.46. The third-order valence-corrected chi connectivity index (χ3v) is 6.35. The topological polar surface area (TPSA) is 34.1 Å². The predicted molar refractivity (Wildman–Crippen MR) is 98.1 cm³/mol. The molecule has 3 rings (SSSR count). The summed E-state index contributed by atoms with van der Waals surface area (Å²) in [6.07, 6.45) is 0. The zero-order valence-electron chi connectivity index (χ0n) is 12.9. The van der Waals surface area contributed by atoms with E-state index in [2.05, 4.69) is 11.8 Å². The van der Waals surface area contributed by atoms with E-state index in [0.29, 0.717) is 10.6 Å². The zero-order chi connectivity index (χ0) is 16.8. The van der Waals surface area contributed by atoms with Crippen LogP contribution in [0.15, 0.2) is 91.0 Å². The van der Waals surface area contributed by atoms with Gasteiger partial charge >= 0.3 is 0 Å². The van der Waals surface area contributed by atoms with Crippen molar-refractivity contribution in [3.05, 3.63) is 96.6 Å². The van der Waals surface area contributed by atoms with E-state index >= 15 is 0 Å². The van der Waals surface area contributed by atoms with Gasteiger partial charge in [0, 0.05) is 16.2 Å². The van der Waals surface area contributed by atoms with Gasteiger partial charge in [0.25, 0.3) is 5.52 Å². The van der Waals surface area contributed by atoms with Crippen LogP contribution in [0.2, 0.25) is 0 Å². The molecule has 0 radical (unpaired) electrons. The van der Waals surface area contributed by atoms with Crippen molar-refractivity contribution >= 4 is 23.3 Å².